The number of hydrogen-bond acceptors (Lipinski definition) is 2. The molecule has 0 aliphatic rings. The number of rotatable bonds is 7. The minimum atomic E-state index is 0.0613. The Balaban J connectivity index is 2.54. The molecule has 0 heterocycles. The third-order valence-corrected chi connectivity index (χ3v) is 3.60. The zero-order valence-corrected chi connectivity index (χ0v) is 14.7. The van der Waals surface area contributed by atoms with Crippen LogP contribution in [0.15, 0.2) is 24.3 Å². The second-order valence-electron chi connectivity index (χ2n) is 5.39. The van der Waals surface area contributed by atoms with Crippen molar-refractivity contribution in [3.63, 3.8) is 0 Å². The smallest absolute Gasteiger partial charge is 0.253 e. The predicted molar refractivity (Wildman–Crippen MR) is 95.6 cm³/mol. The second-order valence-corrected chi connectivity index (χ2v) is 5.80. The number of hydrogen-bond donors (Lipinski definition) is 3. The number of nitrogens with one attached hydrogen (secondary N) is 3. The highest BCUT2D eigenvalue weighted by Gasteiger charge is 2.11. The van der Waals surface area contributed by atoms with Gasteiger partial charge in [-0.2, -0.15) is 0 Å². The van der Waals surface area contributed by atoms with Crippen LogP contribution < -0.4 is 15.5 Å². The van der Waals surface area contributed by atoms with E-state index < -0.39 is 0 Å². The molecule has 0 bridgehead atoms. The van der Waals surface area contributed by atoms with Gasteiger partial charge < -0.3 is 20.4 Å². The fourth-order valence-corrected chi connectivity index (χ4v) is 2.21. The Morgan fingerprint density at radius 1 is 1.18 bits per heavy atom. The highest BCUT2D eigenvalue weighted by molar-refractivity contribution is 7.80. The van der Waals surface area contributed by atoms with Crippen LogP contribution in [0.1, 0.15) is 24.2 Å². The maximum Gasteiger partial charge on any atom is 0.253 e. The van der Waals surface area contributed by atoms with Gasteiger partial charge in [0.2, 0.25) is 0 Å². The molecule has 1 amide bonds. The number of thiocarbonyl (C=S) groups is 1. The van der Waals surface area contributed by atoms with Crippen LogP contribution in [0.4, 0.5) is 5.69 Å². The molecule has 1 rings (SSSR count). The normalized spacial score (nSPS) is 10.4. The molecule has 0 saturated heterocycles. The van der Waals surface area contributed by atoms with Crippen LogP contribution in [0, 0.1) is 0 Å². The largest absolute Gasteiger partial charge is 0.357 e. The van der Waals surface area contributed by atoms with E-state index in [0.29, 0.717) is 10.7 Å². The summed E-state index contributed by atoms with van der Waals surface area (Å²) >= 11 is 5.24. The molecule has 5 nitrogen and oxygen atoms in total. The number of nitrogens with zero attached hydrogens (tertiary/aromatic N) is 1. The Morgan fingerprint density at radius 2 is 1.77 bits per heavy atom. The molecule has 0 atom stereocenters. The van der Waals surface area contributed by atoms with Crippen molar-refractivity contribution in [3.8, 4) is 0 Å². The van der Waals surface area contributed by atoms with Crippen LogP contribution >= 0.6 is 12.2 Å². The molecule has 1 aromatic rings. The molecule has 6 heteroatoms. The van der Waals surface area contributed by atoms with Crippen LogP contribution in [-0.4, -0.2) is 56.2 Å². The lowest BCUT2D eigenvalue weighted by atomic mass is 10.2. The van der Waals surface area contributed by atoms with Crippen molar-refractivity contribution in [2.75, 3.05) is 45.6 Å². The number of anilines is 1. The first-order valence-electron chi connectivity index (χ1n) is 7.71. The predicted octanol–water partition coefficient (Wildman–Crippen LogP) is 0.600. The van der Waals surface area contributed by atoms with E-state index in [2.05, 4.69) is 24.7 Å². The van der Waals surface area contributed by atoms with Gasteiger partial charge in [0, 0.05) is 24.3 Å². The Bertz CT molecular complexity index is 483. The summed E-state index contributed by atoms with van der Waals surface area (Å²) in [5, 5.41) is 6.89. The van der Waals surface area contributed by atoms with Crippen molar-refractivity contribution in [3.05, 3.63) is 29.8 Å². The number of quaternary nitrogens is 1. The van der Waals surface area contributed by atoms with Crippen LogP contribution in [0.3, 0.4) is 0 Å². The summed E-state index contributed by atoms with van der Waals surface area (Å²) in [7, 11) is 4.20. The standard InChI is InChI=1S/C16H26N4OS/c1-5-20(6-2)15(21)13-7-9-14(10-8-13)18-16(22)17-11-12-19(3)4/h7-10H,5-6,11-12H2,1-4H3,(H2,17,18,22)/p+1. The minimum Gasteiger partial charge on any atom is -0.357 e. The number of benzene rings is 1. The topological polar surface area (TPSA) is 48.8 Å². The maximum atomic E-state index is 12.2. The van der Waals surface area contributed by atoms with Gasteiger partial charge in [0.15, 0.2) is 5.11 Å². The van der Waals surface area contributed by atoms with Crippen molar-refractivity contribution in [1.29, 1.82) is 0 Å². The molecule has 0 unspecified atom stereocenters. The zero-order chi connectivity index (χ0) is 16.5. The van der Waals surface area contributed by atoms with E-state index in [9.17, 15) is 4.79 Å². The summed E-state index contributed by atoms with van der Waals surface area (Å²) in [5.74, 6) is 0.0613. The average Bonchev–Trinajstić information content (AvgIpc) is 2.48. The molecule has 0 radical (unpaired) electrons. The van der Waals surface area contributed by atoms with Gasteiger partial charge in [-0.1, -0.05) is 0 Å². The van der Waals surface area contributed by atoms with Gasteiger partial charge in [0.05, 0.1) is 27.2 Å². The second kappa shape index (κ2) is 9.38. The minimum absolute atomic E-state index is 0.0613. The summed E-state index contributed by atoms with van der Waals surface area (Å²) in [6.45, 7) is 7.23. The Labute approximate surface area is 138 Å². The molecule has 0 fully saturated rings. The zero-order valence-electron chi connectivity index (χ0n) is 13.9. The summed E-state index contributed by atoms with van der Waals surface area (Å²) in [6.07, 6.45) is 0. The molecule has 1 aromatic carbocycles. The molecule has 122 valence electrons. The monoisotopic (exact) mass is 323 g/mol. The van der Waals surface area contributed by atoms with E-state index in [-0.39, 0.29) is 5.91 Å². The molecule has 0 saturated carbocycles. The molecule has 0 aliphatic heterocycles. The lowest BCUT2D eigenvalue weighted by Gasteiger charge is -2.18. The molecule has 22 heavy (non-hydrogen) atoms. The van der Waals surface area contributed by atoms with Crippen molar-refractivity contribution in [2.45, 2.75) is 13.8 Å². The summed E-state index contributed by atoms with van der Waals surface area (Å²) in [6, 6.07) is 7.41. The van der Waals surface area contributed by atoms with Gasteiger partial charge in [0.1, 0.15) is 0 Å². The Kier molecular flexibility index (Phi) is 7.84. The summed E-state index contributed by atoms with van der Waals surface area (Å²) < 4.78 is 0. The Hall–Kier alpha value is -1.66. The van der Waals surface area contributed by atoms with Gasteiger partial charge in [0.25, 0.3) is 5.91 Å². The third-order valence-electron chi connectivity index (χ3n) is 3.35. The summed E-state index contributed by atoms with van der Waals surface area (Å²) in [4.78, 5) is 15.4. The first-order valence-corrected chi connectivity index (χ1v) is 8.12. The SMILES string of the molecule is CCN(CC)C(=O)c1ccc(NC(=S)NCC[NH+](C)C)cc1. The third kappa shape index (κ3) is 5.99. The molecule has 0 aliphatic carbocycles. The van der Waals surface area contributed by atoms with Gasteiger partial charge >= 0.3 is 0 Å². The van der Waals surface area contributed by atoms with Gasteiger partial charge in [-0.25, -0.2) is 0 Å². The van der Waals surface area contributed by atoms with Crippen molar-refractivity contribution in [1.82, 2.24) is 10.2 Å². The lowest BCUT2D eigenvalue weighted by molar-refractivity contribution is -0.856. The summed E-state index contributed by atoms with van der Waals surface area (Å²) in [5.41, 5.74) is 1.58. The number of carbonyl (C=O) groups is 1. The first-order chi connectivity index (χ1) is 10.5. The fourth-order valence-electron chi connectivity index (χ4n) is 1.99. The molecule has 0 aromatic heterocycles. The lowest BCUT2D eigenvalue weighted by Crippen LogP contribution is -3.06. The van der Waals surface area contributed by atoms with Gasteiger partial charge in [-0.05, 0) is 50.3 Å². The van der Waals surface area contributed by atoms with E-state index in [1.807, 2.05) is 38.1 Å². The highest BCUT2D eigenvalue weighted by atomic mass is 32.1. The molecular formula is C16H27N4OS+. The van der Waals surface area contributed by atoms with E-state index in [1.165, 1.54) is 4.90 Å². The van der Waals surface area contributed by atoms with E-state index in [1.54, 1.807) is 4.90 Å². The van der Waals surface area contributed by atoms with E-state index in [4.69, 9.17) is 12.2 Å². The van der Waals surface area contributed by atoms with Crippen molar-refractivity contribution >= 4 is 28.9 Å². The van der Waals surface area contributed by atoms with Gasteiger partial charge in [-0.15, -0.1) is 0 Å². The molecular weight excluding hydrogens is 296 g/mol. The quantitative estimate of drug-likeness (QED) is 0.643. The van der Waals surface area contributed by atoms with Gasteiger partial charge in [-0.3, -0.25) is 4.79 Å². The van der Waals surface area contributed by atoms with Crippen LogP contribution in [0.2, 0.25) is 0 Å². The maximum absolute atomic E-state index is 12.2. The van der Waals surface area contributed by atoms with E-state index in [0.717, 1.165) is 31.9 Å². The molecule has 0 spiro atoms. The highest BCUT2D eigenvalue weighted by Crippen LogP contribution is 2.11. The number of amides is 1. The van der Waals surface area contributed by atoms with Crippen LogP contribution in [0.5, 0.6) is 0 Å². The van der Waals surface area contributed by atoms with Crippen LogP contribution in [-0.2, 0) is 0 Å². The van der Waals surface area contributed by atoms with Crippen molar-refractivity contribution < 1.29 is 9.69 Å². The number of likely N-dealkylation sites (N-methyl/N-ethyl adjacent to an activating group) is 1. The first kappa shape index (κ1) is 18.4. The average molecular weight is 323 g/mol. The fraction of sp³-hybridized carbons (Fsp3) is 0.500. The van der Waals surface area contributed by atoms with Crippen LogP contribution in [0.25, 0.3) is 0 Å². The number of carbonyl (C=O) groups excluding carboxylic acids is 1. The van der Waals surface area contributed by atoms with Crippen molar-refractivity contribution in [2.24, 2.45) is 0 Å². The van der Waals surface area contributed by atoms with E-state index >= 15 is 0 Å². The Morgan fingerprint density at radius 3 is 2.27 bits per heavy atom. The molecule has 3 N–H and O–H groups in total.